The Balaban J connectivity index is 2.08. The van der Waals surface area contributed by atoms with Crippen molar-refractivity contribution in [2.75, 3.05) is 39.5 Å². The maximum Gasteiger partial charge on any atom is 0.0558 e. The van der Waals surface area contributed by atoms with Gasteiger partial charge in [-0.3, -0.25) is 0 Å². The smallest absolute Gasteiger partial charge is 0.0558 e. The lowest BCUT2D eigenvalue weighted by Gasteiger charge is -2.13. The van der Waals surface area contributed by atoms with Crippen LogP contribution in [0.5, 0.6) is 0 Å². The van der Waals surface area contributed by atoms with Crippen molar-refractivity contribution >= 4 is 0 Å². The Hall–Kier alpha value is -0.120. The van der Waals surface area contributed by atoms with Crippen LogP contribution in [0.1, 0.15) is 13.3 Å². The summed E-state index contributed by atoms with van der Waals surface area (Å²) in [5, 5.41) is 8.72. The van der Waals surface area contributed by atoms with E-state index in [2.05, 4.69) is 4.90 Å². The van der Waals surface area contributed by atoms with Crippen molar-refractivity contribution in [3.8, 4) is 0 Å². The van der Waals surface area contributed by atoms with Gasteiger partial charge >= 0.3 is 0 Å². The second kappa shape index (κ2) is 5.51. The number of ether oxygens (including phenoxy) is 1. The summed E-state index contributed by atoms with van der Waals surface area (Å²) in [7, 11) is 0. The van der Waals surface area contributed by atoms with Gasteiger partial charge in [0.2, 0.25) is 0 Å². The van der Waals surface area contributed by atoms with Gasteiger partial charge in [0.25, 0.3) is 0 Å². The van der Waals surface area contributed by atoms with Crippen molar-refractivity contribution in [2.24, 2.45) is 5.92 Å². The fourth-order valence-corrected chi connectivity index (χ4v) is 1.68. The Morgan fingerprint density at radius 3 is 3.08 bits per heavy atom. The molecule has 0 spiro atoms. The molecule has 0 aromatic carbocycles. The molecule has 1 rings (SSSR count). The summed E-state index contributed by atoms with van der Waals surface area (Å²) < 4.78 is 5.35. The van der Waals surface area contributed by atoms with Crippen LogP contribution in [0, 0.1) is 5.92 Å². The first-order chi connectivity index (χ1) is 5.86. The summed E-state index contributed by atoms with van der Waals surface area (Å²) in [5.41, 5.74) is 0. The van der Waals surface area contributed by atoms with Crippen LogP contribution in [-0.4, -0.2) is 49.5 Å². The summed E-state index contributed by atoms with van der Waals surface area (Å²) in [6.07, 6.45) is 1.22. The molecule has 0 aliphatic carbocycles. The van der Waals surface area contributed by atoms with Crippen molar-refractivity contribution in [3.63, 3.8) is 0 Å². The van der Waals surface area contributed by atoms with Crippen molar-refractivity contribution in [2.45, 2.75) is 13.3 Å². The molecule has 0 radical (unpaired) electrons. The van der Waals surface area contributed by atoms with Crippen molar-refractivity contribution in [3.05, 3.63) is 0 Å². The first-order valence-corrected chi connectivity index (χ1v) is 4.77. The number of aliphatic hydroxyl groups excluding tert-OH is 1. The lowest BCUT2D eigenvalue weighted by molar-refractivity contribution is 0.110. The zero-order chi connectivity index (χ0) is 8.81. The van der Waals surface area contributed by atoms with E-state index in [0.717, 1.165) is 32.8 Å². The molecule has 72 valence electrons. The summed E-state index contributed by atoms with van der Waals surface area (Å²) in [6.45, 7) is 7.05. The molecule has 1 aliphatic heterocycles. The van der Waals surface area contributed by atoms with Gasteiger partial charge in [-0.05, 0) is 25.8 Å². The summed E-state index contributed by atoms with van der Waals surface area (Å²) in [5.74, 6) is 0.691. The molecule has 12 heavy (non-hydrogen) atoms. The molecule has 1 aliphatic rings. The standard InChI is InChI=1S/C9H19NO2/c1-2-12-8-9-3-4-10(7-9)5-6-11/h9,11H,2-8H2,1H3/t9-/m1/s1. The van der Waals surface area contributed by atoms with Crippen molar-refractivity contribution in [1.29, 1.82) is 0 Å². The molecule has 0 aromatic rings. The van der Waals surface area contributed by atoms with Gasteiger partial charge in [0.05, 0.1) is 13.2 Å². The minimum absolute atomic E-state index is 0.279. The molecular formula is C9H19NO2. The normalized spacial score (nSPS) is 25.0. The molecule has 1 fully saturated rings. The van der Waals surface area contributed by atoms with Crippen LogP contribution in [0.2, 0.25) is 0 Å². The molecule has 0 aromatic heterocycles. The van der Waals surface area contributed by atoms with Crippen molar-refractivity contribution < 1.29 is 9.84 Å². The third-order valence-electron chi connectivity index (χ3n) is 2.34. The molecule has 1 atom stereocenters. The minimum atomic E-state index is 0.279. The fraction of sp³-hybridized carbons (Fsp3) is 1.00. The molecular weight excluding hydrogens is 154 g/mol. The van der Waals surface area contributed by atoms with Gasteiger partial charge in [-0.25, -0.2) is 0 Å². The van der Waals surface area contributed by atoms with Gasteiger partial charge < -0.3 is 14.7 Å². The Bertz CT molecular complexity index is 119. The van der Waals surface area contributed by atoms with E-state index in [1.165, 1.54) is 6.42 Å². The monoisotopic (exact) mass is 173 g/mol. The van der Waals surface area contributed by atoms with Crippen LogP contribution < -0.4 is 0 Å². The Labute approximate surface area is 74.3 Å². The number of hydrogen-bond acceptors (Lipinski definition) is 3. The Morgan fingerprint density at radius 1 is 1.58 bits per heavy atom. The van der Waals surface area contributed by atoms with E-state index in [1.807, 2.05) is 6.92 Å². The molecule has 1 saturated heterocycles. The largest absolute Gasteiger partial charge is 0.395 e. The number of hydrogen-bond donors (Lipinski definition) is 1. The highest BCUT2D eigenvalue weighted by Crippen LogP contribution is 2.15. The van der Waals surface area contributed by atoms with Crippen LogP contribution >= 0.6 is 0 Å². The molecule has 1 heterocycles. The van der Waals surface area contributed by atoms with E-state index in [0.29, 0.717) is 5.92 Å². The molecule has 0 bridgehead atoms. The van der Waals surface area contributed by atoms with Crippen LogP contribution in [-0.2, 0) is 4.74 Å². The molecule has 3 heteroatoms. The number of rotatable bonds is 5. The Kier molecular flexibility index (Phi) is 4.58. The average molecular weight is 173 g/mol. The highest BCUT2D eigenvalue weighted by Gasteiger charge is 2.21. The van der Waals surface area contributed by atoms with Gasteiger partial charge in [-0.15, -0.1) is 0 Å². The maximum absolute atomic E-state index is 8.72. The van der Waals surface area contributed by atoms with Crippen LogP contribution in [0.25, 0.3) is 0 Å². The molecule has 3 nitrogen and oxygen atoms in total. The summed E-state index contributed by atoms with van der Waals surface area (Å²) in [6, 6.07) is 0. The third-order valence-corrected chi connectivity index (χ3v) is 2.34. The summed E-state index contributed by atoms with van der Waals surface area (Å²) >= 11 is 0. The van der Waals surface area contributed by atoms with Gasteiger partial charge in [-0.2, -0.15) is 0 Å². The highest BCUT2D eigenvalue weighted by atomic mass is 16.5. The third kappa shape index (κ3) is 3.09. The highest BCUT2D eigenvalue weighted by molar-refractivity contribution is 4.74. The fourth-order valence-electron chi connectivity index (χ4n) is 1.68. The van der Waals surface area contributed by atoms with Crippen LogP contribution in [0.15, 0.2) is 0 Å². The molecule has 1 N–H and O–H groups in total. The van der Waals surface area contributed by atoms with Crippen LogP contribution in [0.4, 0.5) is 0 Å². The first-order valence-electron chi connectivity index (χ1n) is 4.77. The zero-order valence-electron chi connectivity index (χ0n) is 7.83. The van der Waals surface area contributed by atoms with Crippen molar-refractivity contribution in [1.82, 2.24) is 4.90 Å². The van der Waals surface area contributed by atoms with Gasteiger partial charge in [0.15, 0.2) is 0 Å². The van der Waals surface area contributed by atoms with Gasteiger partial charge in [0.1, 0.15) is 0 Å². The van der Waals surface area contributed by atoms with Gasteiger partial charge in [0, 0.05) is 19.7 Å². The van der Waals surface area contributed by atoms with Gasteiger partial charge in [-0.1, -0.05) is 0 Å². The molecule has 0 amide bonds. The SMILES string of the molecule is CCOC[C@@H]1CCN(CCO)C1. The molecule has 0 saturated carbocycles. The second-order valence-electron chi connectivity index (χ2n) is 3.34. The lowest BCUT2D eigenvalue weighted by Crippen LogP contribution is -2.25. The maximum atomic E-state index is 8.72. The second-order valence-corrected chi connectivity index (χ2v) is 3.34. The number of β-amino-alcohol motifs (C(OH)–C–C–N with tert-alkyl or cyclic N) is 1. The topological polar surface area (TPSA) is 32.7 Å². The predicted molar refractivity (Wildman–Crippen MR) is 48.1 cm³/mol. The molecule has 0 unspecified atom stereocenters. The predicted octanol–water partition coefficient (Wildman–Crippen LogP) is 0.337. The van der Waals surface area contributed by atoms with E-state index in [-0.39, 0.29) is 6.61 Å². The lowest BCUT2D eigenvalue weighted by atomic mass is 10.1. The van der Waals surface area contributed by atoms with Crippen LogP contribution in [0.3, 0.4) is 0 Å². The average Bonchev–Trinajstić information content (AvgIpc) is 2.50. The Morgan fingerprint density at radius 2 is 2.42 bits per heavy atom. The zero-order valence-corrected chi connectivity index (χ0v) is 7.83. The van der Waals surface area contributed by atoms with E-state index in [9.17, 15) is 0 Å². The quantitative estimate of drug-likeness (QED) is 0.650. The number of likely N-dealkylation sites (tertiary alicyclic amines) is 1. The first kappa shape index (κ1) is 9.96. The minimum Gasteiger partial charge on any atom is -0.395 e. The van der Waals surface area contributed by atoms with E-state index in [4.69, 9.17) is 9.84 Å². The number of nitrogens with zero attached hydrogens (tertiary/aromatic N) is 1. The van der Waals surface area contributed by atoms with E-state index in [1.54, 1.807) is 0 Å². The van der Waals surface area contributed by atoms with E-state index < -0.39 is 0 Å². The summed E-state index contributed by atoms with van der Waals surface area (Å²) in [4.78, 5) is 2.30. The van der Waals surface area contributed by atoms with E-state index >= 15 is 0 Å². The number of aliphatic hydroxyl groups is 1.